The summed E-state index contributed by atoms with van der Waals surface area (Å²) < 4.78 is 0. The van der Waals surface area contributed by atoms with Gasteiger partial charge in [0.25, 0.3) is 0 Å². The van der Waals surface area contributed by atoms with Crippen molar-refractivity contribution in [3.8, 4) is 0 Å². The standard InChI is InChI=1S/C46H36N2.C42H31N/c1-5-13-41(14-6-1)47(42-15-7-2-8-16-42)45-33-29-39(30-34-45)27-25-37-21-23-38(24-22-37)26-28-40-31-35-46(36-32-40)48(43-17-9-3-10-18-43)44-19-11-4-12-20-44;1-2-12-40(13-3-1)43(41-26-20-32(21-27-41)14-16-34-18-24-36-8-4-6-10-38(36)30-34)42-28-22-33(23-29-42)15-17-35-19-25-37-9-5-7-11-39(37)31-35/h1-36H;1-31H/b27-25+,28-26+;16-14+,17-15+. The zero-order valence-corrected chi connectivity index (χ0v) is 50.5. The molecule has 0 saturated heterocycles. The summed E-state index contributed by atoms with van der Waals surface area (Å²) in [5, 5.41) is 5.04. The maximum atomic E-state index is 2.30. The third-order valence-corrected chi connectivity index (χ3v) is 16.0. The van der Waals surface area contributed by atoms with Gasteiger partial charge < -0.3 is 14.7 Å². The van der Waals surface area contributed by atoms with Crippen LogP contribution in [0.25, 0.3) is 70.2 Å². The molecule has 0 spiro atoms. The smallest absolute Gasteiger partial charge is 0.0462 e. The number of rotatable bonds is 17. The molecule has 434 valence electrons. The summed E-state index contributed by atoms with van der Waals surface area (Å²) in [5.41, 5.74) is 19.5. The first kappa shape index (κ1) is 58.0. The fraction of sp³-hybridized carbons (Fsp3) is 0. The van der Waals surface area contributed by atoms with E-state index < -0.39 is 0 Å². The van der Waals surface area contributed by atoms with Gasteiger partial charge in [-0.2, -0.15) is 0 Å². The van der Waals surface area contributed by atoms with Crippen molar-refractivity contribution in [2.24, 2.45) is 0 Å². The third kappa shape index (κ3) is 14.9. The lowest BCUT2D eigenvalue weighted by Crippen LogP contribution is -2.09. The molecule has 0 aliphatic carbocycles. The van der Waals surface area contributed by atoms with Gasteiger partial charge in [0, 0.05) is 51.2 Å². The lowest BCUT2D eigenvalue weighted by atomic mass is 10.1. The Balaban J connectivity index is 0.000000167. The Labute approximate surface area is 535 Å². The Morgan fingerprint density at radius 1 is 0.132 bits per heavy atom. The molecule has 0 radical (unpaired) electrons. The van der Waals surface area contributed by atoms with E-state index in [2.05, 4.69) is 421 Å². The van der Waals surface area contributed by atoms with Crippen molar-refractivity contribution < 1.29 is 0 Å². The number of benzene rings is 14. The molecule has 0 N–H and O–H groups in total. The lowest BCUT2D eigenvalue weighted by Gasteiger charge is -2.25. The molecule has 0 atom stereocenters. The highest BCUT2D eigenvalue weighted by Crippen LogP contribution is 2.38. The largest absolute Gasteiger partial charge is 0.311 e. The molecule has 14 aromatic rings. The summed E-state index contributed by atoms with van der Waals surface area (Å²) in [5.74, 6) is 0. The van der Waals surface area contributed by atoms with Gasteiger partial charge in [0.15, 0.2) is 0 Å². The van der Waals surface area contributed by atoms with Crippen LogP contribution < -0.4 is 14.7 Å². The van der Waals surface area contributed by atoms with Crippen LogP contribution in [0.4, 0.5) is 51.2 Å². The van der Waals surface area contributed by atoms with Crippen LogP contribution in [0.15, 0.2) is 358 Å². The van der Waals surface area contributed by atoms with Crippen molar-refractivity contribution in [2.75, 3.05) is 14.7 Å². The SMILES string of the molecule is C(=C\c1ccc(N(c2ccccc2)c2ccccc2)cc1)/c1ccc(/C=C/c2ccc(N(c3ccccc3)c3ccccc3)cc2)cc1.C(=C\c1ccc2ccccc2c1)/c1ccc(N(c2ccccc2)c2ccc(/C=C/c3ccc4ccccc4c3)cc2)cc1. The van der Waals surface area contributed by atoms with Crippen molar-refractivity contribution in [1.82, 2.24) is 0 Å². The fourth-order valence-electron chi connectivity index (χ4n) is 11.3. The molecule has 3 heteroatoms. The van der Waals surface area contributed by atoms with E-state index in [4.69, 9.17) is 0 Å². The van der Waals surface area contributed by atoms with Crippen LogP contribution in [-0.4, -0.2) is 0 Å². The minimum Gasteiger partial charge on any atom is -0.311 e. The normalized spacial score (nSPS) is 11.3. The Bertz CT molecular complexity index is 4370. The number of para-hydroxylation sites is 5. The first-order chi connectivity index (χ1) is 45.1. The summed E-state index contributed by atoms with van der Waals surface area (Å²) in [6.45, 7) is 0. The molecular formula is C88H67N3. The predicted octanol–water partition coefficient (Wildman–Crippen LogP) is 24.8. The molecule has 3 nitrogen and oxygen atoms in total. The molecule has 91 heavy (non-hydrogen) atoms. The van der Waals surface area contributed by atoms with Crippen LogP contribution in [0, 0.1) is 0 Å². The highest BCUT2D eigenvalue weighted by molar-refractivity contribution is 5.88. The maximum Gasteiger partial charge on any atom is 0.0462 e. The van der Waals surface area contributed by atoms with E-state index >= 15 is 0 Å². The molecule has 0 bridgehead atoms. The van der Waals surface area contributed by atoms with Gasteiger partial charge in [-0.25, -0.2) is 0 Å². The van der Waals surface area contributed by atoms with E-state index in [9.17, 15) is 0 Å². The van der Waals surface area contributed by atoms with Crippen molar-refractivity contribution in [3.05, 3.63) is 402 Å². The van der Waals surface area contributed by atoms with Crippen LogP contribution >= 0.6 is 0 Å². The Kier molecular flexibility index (Phi) is 18.3. The second-order valence-corrected chi connectivity index (χ2v) is 22.3. The average molecular weight is 1170 g/mol. The monoisotopic (exact) mass is 1170 g/mol. The van der Waals surface area contributed by atoms with E-state index in [1.807, 2.05) is 0 Å². The second kappa shape index (κ2) is 28.6. The van der Waals surface area contributed by atoms with Gasteiger partial charge in [0.1, 0.15) is 0 Å². The first-order valence-electron chi connectivity index (χ1n) is 30.9. The van der Waals surface area contributed by atoms with E-state index in [-0.39, 0.29) is 0 Å². The van der Waals surface area contributed by atoms with Crippen molar-refractivity contribution >= 4 is 121 Å². The highest BCUT2D eigenvalue weighted by Gasteiger charge is 2.15. The van der Waals surface area contributed by atoms with Crippen LogP contribution in [0.1, 0.15) is 44.5 Å². The van der Waals surface area contributed by atoms with Gasteiger partial charge in [-0.05, 0) is 187 Å². The van der Waals surface area contributed by atoms with Gasteiger partial charge in [0.2, 0.25) is 0 Å². The number of anilines is 9. The van der Waals surface area contributed by atoms with Crippen LogP contribution in [-0.2, 0) is 0 Å². The molecule has 0 amide bonds. The van der Waals surface area contributed by atoms with E-state index in [1.165, 1.54) is 43.8 Å². The average Bonchev–Trinajstić information content (AvgIpc) is 1.90. The molecule has 0 unspecified atom stereocenters. The number of fused-ring (bicyclic) bond motifs is 2. The zero-order valence-electron chi connectivity index (χ0n) is 50.5. The van der Waals surface area contributed by atoms with E-state index in [0.29, 0.717) is 0 Å². The van der Waals surface area contributed by atoms with Crippen LogP contribution in [0.5, 0.6) is 0 Å². The molecule has 0 fully saturated rings. The molecule has 0 aromatic heterocycles. The molecule has 0 aliphatic rings. The van der Waals surface area contributed by atoms with Crippen molar-refractivity contribution in [3.63, 3.8) is 0 Å². The van der Waals surface area contributed by atoms with E-state index in [0.717, 1.165) is 73.4 Å². The number of hydrogen-bond acceptors (Lipinski definition) is 3. The topological polar surface area (TPSA) is 9.72 Å². The molecule has 14 rings (SSSR count). The van der Waals surface area contributed by atoms with Gasteiger partial charge in [-0.1, -0.05) is 285 Å². The van der Waals surface area contributed by atoms with Crippen molar-refractivity contribution in [1.29, 1.82) is 0 Å². The second-order valence-electron chi connectivity index (χ2n) is 22.3. The molecule has 14 aromatic carbocycles. The van der Waals surface area contributed by atoms with E-state index in [1.54, 1.807) is 0 Å². The van der Waals surface area contributed by atoms with Gasteiger partial charge in [-0.3, -0.25) is 0 Å². The fourth-order valence-corrected chi connectivity index (χ4v) is 11.3. The third-order valence-electron chi connectivity index (χ3n) is 16.0. The molecule has 0 saturated carbocycles. The summed E-state index contributed by atoms with van der Waals surface area (Å²) in [4.78, 5) is 6.85. The van der Waals surface area contributed by atoms with Gasteiger partial charge in [-0.15, -0.1) is 0 Å². The number of nitrogens with zero attached hydrogens (tertiary/aromatic N) is 3. The summed E-state index contributed by atoms with van der Waals surface area (Å²) in [6, 6.07) is 126. The lowest BCUT2D eigenvalue weighted by molar-refractivity contribution is 1.28. The number of hydrogen-bond donors (Lipinski definition) is 0. The quantitative estimate of drug-likeness (QED) is 0.0842. The van der Waals surface area contributed by atoms with Gasteiger partial charge in [0.05, 0.1) is 0 Å². The molecule has 0 aliphatic heterocycles. The first-order valence-corrected chi connectivity index (χ1v) is 30.9. The zero-order chi connectivity index (χ0) is 61.2. The Morgan fingerprint density at radius 3 is 0.527 bits per heavy atom. The van der Waals surface area contributed by atoms with Crippen LogP contribution in [0.2, 0.25) is 0 Å². The summed E-state index contributed by atoms with van der Waals surface area (Å²) in [6.07, 6.45) is 17.4. The minimum atomic E-state index is 1.12. The maximum absolute atomic E-state index is 2.30. The molecular weight excluding hydrogens is 1100 g/mol. The molecule has 0 heterocycles. The Morgan fingerprint density at radius 2 is 0.297 bits per heavy atom. The van der Waals surface area contributed by atoms with Crippen molar-refractivity contribution in [2.45, 2.75) is 0 Å². The van der Waals surface area contributed by atoms with Gasteiger partial charge >= 0.3 is 0 Å². The summed E-state index contributed by atoms with van der Waals surface area (Å²) in [7, 11) is 0. The minimum absolute atomic E-state index is 1.12. The summed E-state index contributed by atoms with van der Waals surface area (Å²) >= 11 is 0. The highest BCUT2D eigenvalue weighted by atomic mass is 15.2. The van der Waals surface area contributed by atoms with Crippen LogP contribution in [0.3, 0.4) is 0 Å². The Hall–Kier alpha value is -12.0. The predicted molar refractivity (Wildman–Crippen MR) is 393 cm³/mol.